The Balaban J connectivity index is 1.67. The van der Waals surface area contributed by atoms with Crippen molar-refractivity contribution < 1.29 is 44.1 Å². The molecule has 4 N–H and O–H groups in total. The van der Waals surface area contributed by atoms with Gasteiger partial charge in [0.15, 0.2) is 23.0 Å². The number of hydrogen-bond donors (Lipinski definition) is 4. The molecule has 0 fully saturated rings. The monoisotopic (exact) mass is 684 g/mol. The highest BCUT2D eigenvalue weighted by Crippen LogP contribution is 2.56. The zero-order valence-electron chi connectivity index (χ0n) is 28.7. The molecule has 7 rings (SSSR count). The molecule has 0 saturated carbocycles. The van der Waals surface area contributed by atoms with Crippen LogP contribution in [0.1, 0.15) is 30.9 Å². The van der Waals surface area contributed by atoms with Gasteiger partial charge in [0.2, 0.25) is 10.9 Å². The third kappa shape index (κ3) is 4.22. The van der Waals surface area contributed by atoms with E-state index in [-0.39, 0.29) is 66.9 Å². The van der Waals surface area contributed by atoms with Crippen LogP contribution in [0.5, 0.6) is 46.0 Å². The van der Waals surface area contributed by atoms with Gasteiger partial charge in [-0.25, -0.2) is 0 Å². The number of methoxy groups -OCH3 is 4. The number of phenols is 3. The molecule has 0 bridgehead atoms. The Morgan fingerprint density at radius 2 is 1.30 bits per heavy atom. The minimum atomic E-state index is -1.58. The summed E-state index contributed by atoms with van der Waals surface area (Å²) in [7, 11) is 9.09. The third-order valence-electron chi connectivity index (χ3n) is 9.80. The van der Waals surface area contributed by atoms with Crippen LogP contribution in [0.4, 0.5) is 0 Å². The smallest absolute Gasteiger partial charge is 0.201 e. The van der Waals surface area contributed by atoms with Gasteiger partial charge in [-0.15, -0.1) is 0 Å². The maximum atomic E-state index is 14.3. The highest BCUT2D eigenvalue weighted by molar-refractivity contribution is 6.04. The molecule has 1 aliphatic heterocycles. The predicted molar refractivity (Wildman–Crippen MR) is 187 cm³/mol. The highest BCUT2D eigenvalue weighted by Gasteiger charge is 2.49. The Hall–Kier alpha value is -5.82. The number of aliphatic hydroxyl groups is 1. The summed E-state index contributed by atoms with van der Waals surface area (Å²) in [4.78, 5) is 28.4. The van der Waals surface area contributed by atoms with Gasteiger partial charge in [0.05, 0.1) is 83.6 Å². The van der Waals surface area contributed by atoms with Gasteiger partial charge >= 0.3 is 0 Å². The van der Waals surface area contributed by atoms with Crippen LogP contribution in [0.2, 0.25) is 0 Å². The molecule has 3 heterocycles. The van der Waals surface area contributed by atoms with Crippen LogP contribution < -0.4 is 34.5 Å². The van der Waals surface area contributed by atoms with Gasteiger partial charge in [0, 0.05) is 37.4 Å². The van der Waals surface area contributed by atoms with Crippen molar-refractivity contribution in [2.45, 2.75) is 31.5 Å². The van der Waals surface area contributed by atoms with Crippen molar-refractivity contribution in [3.05, 3.63) is 68.0 Å². The van der Waals surface area contributed by atoms with Crippen LogP contribution in [-0.4, -0.2) is 69.7 Å². The summed E-state index contributed by atoms with van der Waals surface area (Å²) >= 11 is 0. The highest BCUT2D eigenvalue weighted by atomic mass is 16.5. The Morgan fingerprint density at radius 3 is 1.90 bits per heavy atom. The quantitative estimate of drug-likeness (QED) is 0.182. The van der Waals surface area contributed by atoms with Crippen LogP contribution in [0.25, 0.3) is 43.6 Å². The van der Waals surface area contributed by atoms with Crippen molar-refractivity contribution in [1.29, 1.82) is 0 Å². The summed E-state index contributed by atoms with van der Waals surface area (Å²) in [6, 6.07) is 8.90. The molecule has 0 aliphatic carbocycles. The summed E-state index contributed by atoms with van der Waals surface area (Å²) in [6.07, 6.45) is -1.12. The number of hydrogen-bond acceptors (Lipinski definition) is 11. The maximum absolute atomic E-state index is 14.3. The zero-order valence-corrected chi connectivity index (χ0v) is 28.7. The average molecular weight is 685 g/mol. The van der Waals surface area contributed by atoms with Crippen LogP contribution in [-0.2, 0) is 14.1 Å². The lowest BCUT2D eigenvalue weighted by atomic mass is 9.79. The second-order valence-electron chi connectivity index (χ2n) is 12.9. The second kappa shape index (κ2) is 11.1. The number of aryl methyl sites for hydroxylation is 2. The van der Waals surface area contributed by atoms with Crippen molar-refractivity contribution in [2.75, 3.05) is 28.4 Å². The molecular weight excluding hydrogens is 648 g/mol. The standard InChI is InChI=1S/C37H36N2O11/c1-37(2,45)36-27(25-22(50-36)14-19(41)24-30(25)39(4)28-15(32(24)43)9-11-18(40)34(28)48-7)26-21(47-6)13-17-23(33(26)44)31(42)16-10-12-20(46-5)35(49-8)29(16)38(17)3/h9-14,27,36,40-41,44-45H,1-8H3. The third-order valence-corrected chi connectivity index (χ3v) is 9.80. The molecule has 13 heteroatoms. The fourth-order valence-electron chi connectivity index (χ4n) is 7.63. The van der Waals surface area contributed by atoms with E-state index in [2.05, 4.69) is 0 Å². The van der Waals surface area contributed by atoms with E-state index < -0.39 is 34.2 Å². The van der Waals surface area contributed by atoms with Gasteiger partial charge in [-0.1, -0.05) is 0 Å². The van der Waals surface area contributed by atoms with Crippen LogP contribution in [0, 0.1) is 0 Å². The van der Waals surface area contributed by atoms with Gasteiger partial charge in [-0.3, -0.25) is 9.59 Å². The molecule has 0 spiro atoms. The summed E-state index contributed by atoms with van der Waals surface area (Å²) in [5, 5.41) is 46.2. The number of nitrogens with zero attached hydrogens (tertiary/aromatic N) is 2. The molecule has 0 saturated heterocycles. The van der Waals surface area contributed by atoms with Crippen molar-refractivity contribution in [3.8, 4) is 46.0 Å². The topological polar surface area (TPSA) is 171 Å². The molecular formula is C37H36N2O11. The molecule has 4 aromatic carbocycles. The summed E-state index contributed by atoms with van der Waals surface area (Å²) in [6.45, 7) is 3.07. The van der Waals surface area contributed by atoms with Gasteiger partial charge in [0.25, 0.3) is 0 Å². The van der Waals surface area contributed by atoms with Crippen molar-refractivity contribution in [2.24, 2.45) is 14.1 Å². The fraction of sp³-hybridized carbons (Fsp3) is 0.297. The van der Waals surface area contributed by atoms with Crippen molar-refractivity contribution in [1.82, 2.24) is 9.13 Å². The van der Waals surface area contributed by atoms with E-state index in [1.165, 1.54) is 60.5 Å². The minimum absolute atomic E-state index is 0.0278. The number of pyridine rings is 2. The number of ether oxygens (including phenoxy) is 5. The summed E-state index contributed by atoms with van der Waals surface area (Å²) < 4.78 is 32.2. The predicted octanol–water partition coefficient (Wildman–Crippen LogP) is 4.51. The maximum Gasteiger partial charge on any atom is 0.201 e. The molecule has 0 radical (unpaired) electrons. The number of aromatic hydroxyl groups is 3. The SMILES string of the molecule is COc1cc2c(c(O)c1C1c3c(cc(O)c4c(=O)c5ccc(O)c(OC)c5n(C)c34)OC1C(C)(C)O)c(=O)c1ccc(OC)c(OC)c1n2C. The summed E-state index contributed by atoms with van der Waals surface area (Å²) in [5.41, 5.74) is -0.991. The first-order valence-electron chi connectivity index (χ1n) is 15.7. The first-order valence-corrected chi connectivity index (χ1v) is 15.7. The lowest BCUT2D eigenvalue weighted by Gasteiger charge is -2.31. The molecule has 50 heavy (non-hydrogen) atoms. The lowest BCUT2D eigenvalue weighted by Crippen LogP contribution is -2.42. The Bertz CT molecular complexity index is 2560. The lowest BCUT2D eigenvalue weighted by molar-refractivity contribution is -0.0300. The van der Waals surface area contributed by atoms with Crippen LogP contribution in [0.15, 0.2) is 46.0 Å². The number of rotatable bonds is 6. The van der Waals surface area contributed by atoms with Gasteiger partial charge < -0.3 is 53.2 Å². The van der Waals surface area contributed by atoms with Gasteiger partial charge in [-0.2, -0.15) is 0 Å². The second-order valence-corrected chi connectivity index (χ2v) is 12.9. The first kappa shape index (κ1) is 32.7. The van der Waals surface area contributed by atoms with E-state index in [4.69, 9.17) is 23.7 Å². The summed E-state index contributed by atoms with van der Waals surface area (Å²) in [5.74, 6) is -1.01. The number of fused-ring (bicyclic) bond motifs is 6. The van der Waals surface area contributed by atoms with E-state index in [9.17, 15) is 30.0 Å². The number of benzene rings is 4. The molecule has 6 aromatic rings. The number of aromatic nitrogens is 2. The molecule has 2 aromatic heterocycles. The molecule has 2 atom stereocenters. The Morgan fingerprint density at radius 1 is 0.700 bits per heavy atom. The molecule has 1 aliphatic rings. The van der Waals surface area contributed by atoms with E-state index in [0.29, 0.717) is 28.1 Å². The molecule has 0 amide bonds. The fourth-order valence-corrected chi connectivity index (χ4v) is 7.63. The van der Waals surface area contributed by atoms with E-state index in [0.717, 1.165) is 0 Å². The van der Waals surface area contributed by atoms with Crippen molar-refractivity contribution >= 4 is 43.6 Å². The molecule has 2 unspecified atom stereocenters. The van der Waals surface area contributed by atoms with Crippen molar-refractivity contribution in [3.63, 3.8) is 0 Å². The first-order chi connectivity index (χ1) is 23.7. The van der Waals surface area contributed by atoms with Crippen LogP contribution >= 0.6 is 0 Å². The van der Waals surface area contributed by atoms with E-state index in [1.807, 2.05) is 0 Å². The molecule has 260 valence electrons. The van der Waals surface area contributed by atoms with E-state index in [1.54, 1.807) is 41.4 Å². The molecule has 13 nitrogen and oxygen atoms in total. The minimum Gasteiger partial charge on any atom is -0.507 e. The largest absolute Gasteiger partial charge is 0.507 e. The zero-order chi connectivity index (χ0) is 36.1. The van der Waals surface area contributed by atoms with E-state index >= 15 is 0 Å². The van der Waals surface area contributed by atoms with Gasteiger partial charge in [-0.05, 0) is 38.1 Å². The normalized spacial score (nSPS) is 15.9. The number of phenolic OH excluding ortho intramolecular Hbond substituents is 3. The van der Waals surface area contributed by atoms with Gasteiger partial charge in [0.1, 0.15) is 29.1 Å². The Kier molecular flexibility index (Phi) is 7.26. The average Bonchev–Trinajstić information content (AvgIpc) is 3.46. The Labute approximate surface area is 284 Å². The van der Waals surface area contributed by atoms with Crippen LogP contribution in [0.3, 0.4) is 0 Å².